The fraction of sp³-hybridized carbons (Fsp3) is 0.408. The first kappa shape index (κ1) is 44.6. The Balaban J connectivity index is 1.12. The van der Waals surface area contributed by atoms with Gasteiger partial charge >= 0.3 is 11.4 Å². The molecule has 2 aliphatic heterocycles. The summed E-state index contributed by atoms with van der Waals surface area (Å²) < 4.78 is 75.1. The van der Waals surface area contributed by atoms with Crippen LogP contribution in [0.1, 0.15) is 115 Å². The smallest absolute Gasteiger partial charge is 0.381 e. The third kappa shape index (κ3) is 7.10. The summed E-state index contributed by atoms with van der Waals surface area (Å²) in [7, 11) is -3.11. The molecule has 3 atom stereocenters. The normalized spacial score (nSPS) is 20.0. The van der Waals surface area contributed by atoms with Crippen LogP contribution in [-0.4, -0.2) is 76.5 Å². The maximum atomic E-state index is 15.5. The Morgan fingerprint density at radius 3 is 2.30 bits per heavy atom. The van der Waals surface area contributed by atoms with Gasteiger partial charge in [-0.15, -0.1) is 0 Å². The molecule has 0 spiro atoms. The molecule has 0 bridgehead atoms. The van der Waals surface area contributed by atoms with Crippen LogP contribution in [0.3, 0.4) is 0 Å². The van der Waals surface area contributed by atoms with Gasteiger partial charge in [0.15, 0.2) is 5.82 Å². The van der Waals surface area contributed by atoms with Crippen molar-refractivity contribution in [2.75, 3.05) is 32.1 Å². The molecule has 1 N–H and O–H groups in total. The Kier molecular flexibility index (Phi) is 11.0. The molecule has 10 rings (SSSR count). The van der Waals surface area contributed by atoms with E-state index in [0.717, 1.165) is 29.3 Å². The van der Waals surface area contributed by atoms with E-state index in [0.29, 0.717) is 77.4 Å². The minimum Gasteiger partial charge on any atom is -0.381 e. The van der Waals surface area contributed by atoms with Crippen molar-refractivity contribution in [1.29, 1.82) is 0 Å². The molecule has 350 valence electrons. The molecule has 14 nitrogen and oxygen atoms in total. The van der Waals surface area contributed by atoms with Crippen molar-refractivity contribution in [2.24, 2.45) is 5.92 Å². The molecule has 1 saturated carbocycles. The van der Waals surface area contributed by atoms with Crippen LogP contribution in [0.5, 0.6) is 0 Å². The number of aromatic amines is 1. The molecule has 6 heterocycles. The monoisotopic (exact) mass is 936 g/mol. The number of carbonyl (C=O) groups is 1. The van der Waals surface area contributed by atoms with Gasteiger partial charge in [0, 0.05) is 78.2 Å². The zero-order valence-corrected chi connectivity index (χ0v) is 39.1. The van der Waals surface area contributed by atoms with Gasteiger partial charge in [-0.2, -0.15) is 5.10 Å². The second-order valence-electron chi connectivity index (χ2n) is 18.3. The lowest BCUT2D eigenvalue weighted by atomic mass is 9.91. The third-order valence-electron chi connectivity index (χ3n) is 14.6. The van der Waals surface area contributed by atoms with Gasteiger partial charge in [-0.05, 0) is 117 Å². The average Bonchev–Trinajstić information content (AvgIpc) is 3.82. The summed E-state index contributed by atoms with van der Waals surface area (Å²) >= 11 is 0. The highest BCUT2D eigenvalue weighted by Gasteiger charge is 2.59. The zero-order valence-electron chi connectivity index (χ0n) is 38.2. The topological polar surface area (TPSA) is 155 Å². The lowest BCUT2D eigenvalue weighted by molar-refractivity contribution is 0.0663. The average molecular weight is 937 g/mol. The van der Waals surface area contributed by atoms with Gasteiger partial charge in [0.25, 0.3) is 12.3 Å². The van der Waals surface area contributed by atoms with E-state index in [4.69, 9.17) is 14.4 Å². The number of fused-ring (bicyclic) bond motifs is 2. The molecule has 0 radical (unpaired) electrons. The number of imidazole rings is 1. The molecule has 4 aromatic heterocycles. The first-order chi connectivity index (χ1) is 32.1. The van der Waals surface area contributed by atoms with E-state index >= 15 is 9.18 Å². The summed E-state index contributed by atoms with van der Waals surface area (Å²) in [6, 6.07) is 15.0. The van der Waals surface area contributed by atoms with Crippen molar-refractivity contribution in [3.8, 4) is 17.2 Å². The number of amides is 1. The highest BCUT2D eigenvalue weighted by Crippen LogP contribution is 2.56. The van der Waals surface area contributed by atoms with Gasteiger partial charge < -0.3 is 18.8 Å². The predicted octanol–water partition coefficient (Wildman–Crippen LogP) is 8.60. The summed E-state index contributed by atoms with van der Waals surface area (Å²) in [4.78, 5) is 47.2. The van der Waals surface area contributed by atoms with E-state index in [2.05, 4.69) is 22.3 Å². The van der Waals surface area contributed by atoms with Gasteiger partial charge in [0.1, 0.15) is 30.0 Å². The fourth-order valence-corrected chi connectivity index (χ4v) is 12.9. The number of aryl methyl sites for hydroxylation is 2. The lowest BCUT2D eigenvalue weighted by Gasteiger charge is -2.34. The summed E-state index contributed by atoms with van der Waals surface area (Å²) in [6.45, 7) is 12.3. The number of hydrogen-bond donors (Lipinski definition) is 1. The Morgan fingerprint density at radius 2 is 1.66 bits per heavy atom. The summed E-state index contributed by atoms with van der Waals surface area (Å²) in [5.74, 6) is -0.448. The molecule has 1 saturated heterocycles. The molecule has 2 fully saturated rings. The Labute approximate surface area is 383 Å². The Bertz CT molecular complexity index is 3250. The van der Waals surface area contributed by atoms with Gasteiger partial charge in [-0.3, -0.25) is 23.4 Å². The number of ether oxygens (including phenoxy) is 1. The number of halogens is 3. The summed E-state index contributed by atoms with van der Waals surface area (Å²) in [6.07, 6.45) is 3.17. The molecule has 0 unspecified atom stereocenters. The number of carbonyl (C=O) groups excluding carboxylic acids is 1. The number of nitrogens with zero attached hydrogens (tertiary/aromatic N) is 7. The maximum absolute atomic E-state index is 15.5. The fourth-order valence-electron chi connectivity index (χ4n) is 10.8. The van der Waals surface area contributed by atoms with Crippen molar-refractivity contribution >= 4 is 29.3 Å². The second-order valence-corrected chi connectivity index (χ2v) is 21.9. The van der Waals surface area contributed by atoms with E-state index in [1.165, 1.54) is 39.7 Å². The van der Waals surface area contributed by atoms with E-state index in [1.54, 1.807) is 49.4 Å². The second kappa shape index (κ2) is 16.5. The number of H-pyrrole nitrogens is 1. The van der Waals surface area contributed by atoms with Crippen molar-refractivity contribution in [3.05, 3.63) is 139 Å². The molecular weight excluding hydrogens is 885 g/mol. The first-order valence-corrected chi connectivity index (χ1v) is 25.0. The van der Waals surface area contributed by atoms with E-state index in [-0.39, 0.29) is 53.1 Å². The number of rotatable bonds is 11. The van der Waals surface area contributed by atoms with Crippen molar-refractivity contribution in [2.45, 2.75) is 91.1 Å². The Hall–Kier alpha value is -6.19. The number of hydrogen-bond acceptors (Lipinski definition) is 8. The SMILES string of the molecule is CCP(=O)(CC)c1ccc(-n2ccn(-c3c4c(nn3-c3cc(C)c(F)c(C)c3)CCN(C(=O)c3cc5cc(C6CCOCC6)ccc5n3[C@]3(c5noc(=O)[nH]5)C[C@@H]3C)[C@H]4C)c2=O)cc1C(F)F. The largest absolute Gasteiger partial charge is 0.438 e. The highest BCUT2D eigenvalue weighted by atomic mass is 31.2. The Morgan fingerprint density at radius 1 is 0.955 bits per heavy atom. The van der Waals surface area contributed by atoms with Crippen LogP contribution in [0.25, 0.3) is 28.1 Å². The maximum Gasteiger partial charge on any atom is 0.438 e. The van der Waals surface area contributed by atoms with Crippen LogP contribution in [0.4, 0.5) is 13.2 Å². The van der Waals surface area contributed by atoms with Gasteiger partial charge in [-0.25, -0.2) is 27.4 Å². The van der Waals surface area contributed by atoms with Crippen molar-refractivity contribution < 1.29 is 31.8 Å². The summed E-state index contributed by atoms with van der Waals surface area (Å²) in [5.41, 5.74) is 3.05. The minimum absolute atomic E-state index is 0.0184. The lowest BCUT2D eigenvalue weighted by Crippen LogP contribution is -2.41. The third-order valence-corrected chi connectivity index (χ3v) is 18.0. The number of benzene rings is 3. The standard InChI is InChI=1S/C49H52F3N8O6P/c1-7-67(64,8-2)40-12-10-34(25-36(40)43(51)52)57-17-18-58(48(57)63)44-41-30(6)56(16-13-37(41)54-60(44)35-21-27(3)42(50)28(4)22-35)45(61)39-24-33-23-32(31-14-19-65-20-15-31)9-11-38(33)59(39)49(26-29(49)5)46-53-47(62)66-55-46/h9-12,17-18,21-25,29-31,43H,7-8,13-16,19-20,26H2,1-6H3,(H,53,55,62)/t29-,30-,49+/m0/s1. The van der Waals surface area contributed by atoms with Crippen LogP contribution in [0, 0.1) is 25.6 Å². The molecule has 67 heavy (non-hydrogen) atoms. The van der Waals surface area contributed by atoms with Crippen LogP contribution >= 0.6 is 7.14 Å². The quantitative estimate of drug-likeness (QED) is 0.127. The molecular formula is C49H52F3N8O6P. The molecule has 3 aliphatic rings. The van der Waals surface area contributed by atoms with E-state index in [9.17, 15) is 22.9 Å². The highest BCUT2D eigenvalue weighted by molar-refractivity contribution is 7.71. The molecule has 1 aliphatic carbocycles. The number of aromatic nitrogens is 7. The molecule has 3 aromatic carbocycles. The van der Waals surface area contributed by atoms with Crippen LogP contribution < -0.4 is 16.8 Å². The van der Waals surface area contributed by atoms with Gasteiger partial charge in [0.2, 0.25) is 0 Å². The molecule has 18 heteroatoms. The van der Waals surface area contributed by atoms with Gasteiger partial charge in [0.05, 0.1) is 23.1 Å². The first-order valence-electron chi connectivity index (χ1n) is 22.9. The van der Waals surface area contributed by atoms with Crippen LogP contribution in [0.2, 0.25) is 0 Å². The molecule has 7 aromatic rings. The zero-order chi connectivity index (χ0) is 47.3. The predicted molar refractivity (Wildman–Crippen MR) is 247 cm³/mol. The van der Waals surface area contributed by atoms with E-state index in [1.807, 2.05) is 30.5 Å². The van der Waals surface area contributed by atoms with Crippen molar-refractivity contribution in [1.82, 2.24) is 38.5 Å². The van der Waals surface area contributed by atoms with E-state index < -0.39 is 36.6 Å². The van der Waals surface area contributed by atoms with Crippen LogP contribution in [0.15, 0.2) is 81.1 Å². The minimum atomic E-state index is -3.11. The molecule has 1 amide bonds. The summed E-state index contributed by atoms with van der Waals surface area (Å²) in [5, 5.41) is 10.2. The number of alkyl halides is 2. The van der Waals surface area contributed by atoms with Crippen molar-refractivity contribution in [3.63, 3.8) is 0 Å². The number of nitrogens with one attached hydrogen (secondary N) is 1. The van der Waals surface area contributed by atoms with Crippen LogP contribution in [-0.2, 0) is 21.3 Å². The van der Waals surface area contributed by atoms with Gasteiger partial charge in [-0.1, -0.05) is 32.0 Å².